The van der Waals surface area contributed by atoms with E-state index in [0.29, 0.717) is 16.9 Å². The molecule has 110 valence electrons. The second-order valence-corrected chi connectivity index (χ2v) is 4.82. The quantitative estimate of drug-likeness (QED) is 0.721. The first-order chi connectivity index (χ1) is 9.81. The number of halogens is 4. The minimum atomic E-state index is -4.62. The minimum Gasteiger partial charge on any atom is -0.456 e. The van der Waals surface area contributed by atoms with Crippen LogP contribution in [0.4, 0.5) is 13.2 Å². The molecular formula is C15H10ClF3O2. The fraction of sp³-hybridized carbons (Fsp3) is 0.133. The van der Waals surface area contributed by atoms with Crippen molar-refractivity contribution >= 4 is 17.9 Å². The van der Waals surface area contributed by atoms with Crippen LogP contribution in [0.2, 0.25) is 5.02 Å². The lowest BCUT2D eigenvalue weighted by molar-refractivity contribution is -0.138. The van der Waals surface area contributed by atoms with Crippen molar-refractivity contribution in [1.29, 1.82) is 0 Å². The molecule has 21 heavy (non-hydrogen) atoms. The molecule has 2 aromatic rings. The predicted octanol–water partition coefficient (Wildman–Crippen LogP) is 5.27. The number of alkyl halides is 3. The Labute approximate surface area is 124 Å². The highest BCUT2D eigenvalue weighted by atomic mass is 35.5. The van der Waals surface area contributed by atoms with Crippen LogP contribution in [0.1, 0.15) is 21.5 Å². The number of aldehydes is 1. The van der Waals surface area contributed by atoms with E-state index in [-0.39, 0.29) is 17.1 Å². The van der Waals surface area contributed by atoms with Gasteiger partial charge >= 0.3 is 6.18 Å². The maximum absolute atomic E-state index is 13.0. The van der Waals surface area contributed by atoms with Gasteiger partial charge in [-0.2, -0.15) is 13.2 Å². The van der Waals surface area contributed by atoms with Crippen LogP contribution in [0, 0.1) is 6.92 Å². The summed E-state index contributed by atoms with van der Waals surface area (Å²) in [5.41, 5.74) is -0.434. The van der Waals surface area contributed by atoms with E-state index in [0.717, 1.165) is 12.1 Å². The molecule has 0 heterocycles. The molecule has 2 rings (SSSR count). The largest absolute Gasteiger partial charge is 0.456 e. The summed E-state index contributed by atoms with van der Waals surface area (Å²) in [6.07, 6.45) is -4.27. The molecule has 0 unspecified atom stereocenters. The Bertz CT molecular complexity index is 681. The molecule has 0 bridgehead atoms. The van der Waals surface area contributed by atoms with Crippen LogP contribution >= 0.6 is 11.6 Å². The molecule has 0 fully saturated rings. The Balaban J connectivity index is 2.48. The summed E-state index contributed by atoms with van der Waals surface area (Å²) in [4.78, 5) is 10.6. The Kier molecular flexibility index (Phi) is 4.23. The minimum absolute atomic E-state index is 0.0718. The highest BCUT2D eigenvalue weighted by Gasteiger charge is 2.35. The van der Waals surface area contributed by atoms with Crippen molar-refractivity contribution in [3.05, 3.63) is 58.1 Å². The van der Waals surface area contributed by atoms with Crippen LogP contribution in [-0.4, -0.2) is 6.29 Å². The SMILES string of the molecule is Cc1ccc(Cl)cc1Oc1ccc(C=O)cc1C(F)(F)F. The van der Waals surface area contributed by atoms with Crippen LogP contribution < -0.4 is 4.74 Å². The summed E-state index contributed by atoms with van der Waals surface area (Å²) in [7, 11) is 0. The molecule has 0 amide bonds. The Morgan fingerprint density at radius 1 is 1.10 bits per heavy atom. The number of rotatable bonds is 3. The number of aryl methyl sites for hydroxylation is 1. The van der Waals surface area contributed by atoms with Crippen molar-refractivity contribution in [3.8, 4) is 11.5 Å². The molecule has 0 aliphatic heterocycles. The fourth-order valence-electron chi connectivity index (χ4n) is 1.73. The number of carbonyl (C=O) groups is 1. The van der Waals surface area contributed by atoms with Crippen molar-refractivity contribution in [2.75, 3.05) is 0 Å². The molecule has 0 N–H and O–H groups in total. The average Bonchev–Trinajstić information content (AvgIpc) is 2.42. The molecule has 0 saturated carbocycles. The van der Waals surface area contributed by atoms with Gasteiger partial charge in [0.05, 0.1) is 5.56 Å². The van der Waals surface area contributed by atoms with Crippen LogP contribution in [0.3, 0.4) is 0 Å². The van der Waals surface area contributed by atoms with Gasteiger partial charge in [0.15, 0.2) is 0 Å². The van der Waals surface area contributed by atoms with Crippen LogP contribution in [-0.2, 0) is 6.18 Å². The van der Waals surface area contributed by atoms with E-state index in [1.807, 2.05) is 0 Å². The zero-order valence-electron chi connectivity index (χ0n) is 10.9. The Morgan fingerprint density at radius 3 is 2.43 bits per heavy atom. The molecule has 0 atom stereocenters. The van der Waals surface area contributed by atoms with E-state index < -0.39 is 11.7 Å². The van der Waals surface area contributed by atoms with Gasteiger partial charge in [0.25, 0.3) is 0 Å². The Hall–Kier alpha value is -2.01. The monoisotopic (exact) mass is 314 g/mol. The summed E-state index contributed by atoms with van der Waals surface area (Å²) in [5.74, 6) is -0.148. The molecule has 2 nitrogen and oxygen atoms in total. The zero-order chi connectivity index (χ0) is 15.6. The lowest BCUT2D eigenvalue weighted by Crippen LogP contribution is -2.08. The van der Waals surface area contributed by atoms with E-state index >= 15 is 0 Å². The molecule has 0 aliphatic carbocycles. The molecule has 2 aromatic carbocycles. The molecule has 0 spiro atoms. The van der Waals surface area contributed by atoms with Gasteiger partial charge in [0.1, 0.15) is 17.8 Å². The molecule has 0 aliphatic rings. The van der Waals surface area contributed by atoms with E-state index in [1.165, 1.54) is 12.1 Å². The summed E-state index contributed by atoms with van der Waals surface area (Å²) >= 11 is 5.81. The van der Waals surface area contributed by atoms with E-state index in [9.17, 15) is 18.0 Å². The lowest BCUT2D eigenvalue weighted by atomic mass is 10.1. The standard InChI is InChI=1S/C15H10ClF3O2/c1-9-2-4-11(16)7-14(9)21-13-5-3-10(8-20)6-12(13)15(17,18)19/h2-8H,1H3. The molecular weight excluding hydrogens is 305 g/mol. The molecule has 0 radical (unpaired) electrons. The number of hydrogen-bond acceptors (Lipinski definition) is 2. The third-order valence-electron chi connectivity index (χ3n) is 2.82. The summed E-state index contributed by atoms with van der Waals surface area (Å²) in [6.45, 7) is 1.69. The maximum Gasteiger partial charge on any atom is 0.420 e. The number of benzene rings is 2. The summed E-state index contributed by atoms with van der Waals surface area (Å²) in [5, 5.41) is 0.355. The third kappa shape index (κ3) is 3.55. The van der Waals surface area contributed by atoms with Crippen LogP contribution in [0.25, 0.3) is 0 Å². The van der Waals surface area contributed by atoms with E-state index in [4.69, 9.17) is 16.3 Å². The lowest BCUT2D eigenvalue weighted by Gasteiger charge is -2.15. The topological polar surface area (TPSA) is 26.3 Å². The normalized spacial score (nSPS) is 11.3. The number of carbonyl (C=O) groups excluding carboxylic acids is 1. The molecule has 6 heteroatoms. The molecule has 0 saturated heterocycles. The van der Waals surface area contributed by atoms with Crippen LogP contribution in [0.5, 0.6) is 11.5 Å². The van der Waals surface area contributed by atoms with E-state index in [1.54, 1.807) is 19.1 Å². The van der Waals surface area contributed by atoms with Crippen molar-refractivity contribution in [2.45, 2.75) is 13.1 Å². The van der Waals surface area contributed by atoms with Gasteiger partial charge in [-0.05, 0) is 42.8 Å². The van der Waals surface area contributed by atoms with Gasteiger partial charge in [-0.25, -0.2) is 0 Å². The van der Waals surface area contributed by atoms with Crippen molar-refractivity contribution in [3.63, 3.8) is 0 Å². The summed E-state index contributed by atoms with van der Waals surface area (Å²) < 4.78 is 44.4. The fourth-order valence-corrected chi connectivity index (χ4v) is 1.90. The van der Waals surface area contributed by atoms with E-state index in [2.05, 4.69) is 0 Å². The van der Waals surface area contributed by atoms with Gasteiger partial charge in [0.2, 0.25) is 0 Å². The first-order valence-electron chi connectivity index (χ1n) is 5.91. The van der Waals surface area contributed by atoms with Crippen molar-refractivity contribution in [1.82, 2.24) is 0 Å². The van der Waals surface area contributed by atoms with Crippen molar-refractivity contribution < 1.29 is 22.7 Å². The van der Waals surface area contributed by atoms with Gasteiger partial charge < -0.3 is 4.74 Å². The first-order valence-corrected chi connectivity index (χ1v) is 6.29. The second kappa shape index (κ2) is 5.77. The smallest absolute Gasteiger partial charge is 0.420 e. The number of ether oxygens (including phenoxy) is 1. The highest BCUT2D eigenvalue weighted by Crippen LogP contribution is 2.39. The Morgan fingerprint density at radius 2 is 1.81 bits per heavy atom. The van der Waals surface area contributed by atoms with Gasteiger partial charge in [-0.15, -0.1) is 0 Å². The van der Waals surface area contributed by atoms with Gasteiger partial charge in [0, 0.05) is 10.6 Å². The number of hydrogen-bond donors (Lipinski definition) is 0. The highest BCUT2D eigenvalue weighted by molar-refractivity contribution is 6.30. The van der Waals surface area contributed by atoms with Gasteiger partial charge in [-0.1, -0.05) is 17.7 Å². The second-order valence-electron chi connectivity index (χ2n) is 4.38. The summed E-state index contributed by atoms with van der Waals surface area (Å²) in [6, 6.07) is 7.83. The average molecular weight is 315 g/mol. The third-order valence-corrected chi connectivity index (χ3v) is 3.05. The van der Waals surface area contributed by atoms with Gasteiger partial charge in [-0.3, -0.25) is 4.79 Å². The first kappa shape index (κ1) is 15.4. The predicted molar refractivity (Wildman–Crippen MR) is 73.1 cm³/mol. The zero-order valence-corrected chi connectivity index (χ0v) is 11.6. The van der Waals surface area contributed by atoms with Crippen LogP contribution in [0.15, 0.2) is 36.4 Å². The molecule has 0 aromatic heterocycles. The maximum atomic E-state index is 13.0. The van der Waals surface area contributed by atoms with Crippen molar-refractivity contribution in [2.24, 2.45) is 0 Å².